The van der Waals surface area contributed by atoms with Gasteiger partial charge < -0.3 is 11.1 Å². The van der Waals surface area contributed by atoms with Gasteiger partial charge in [-0.05, 0) is 49.9 Å². The van der Waals surface area contributed by atoms with Gasteiger partial charge in [-0.1, -0.05) is 6.42 Å². The first-order valence-electron chi connectivity index (χ1n) is 8.25. The van der Waals surface area contributed by atoms with Crippen LogP contribution in [0.5, 0.6) is 0 Å². The molecule has 0 unspecified atom stereocenters. The normalized spacial score (nSPS) is 17.6. The minimum Gasteiger partial charge on any atom is -0.366 e. The molecule has 1 amide bonds. The topological polar surface area (TPSA) is 80.9 Å². The van der Waals surface area contributed by atoms with E-state index >= 15 is 0 Å². The summed E-state index contributed by atoms with van der Waals surface area (Å²) in [6.45, 7) is 0. The second-order valence-electron chi connectivity index (χ2n) is 6.50. The molecule has 1 aromatic heterocycles. The Labute approximate surface area is 135 Å². The molecular weight excluding hydrogens is 288 g/mol. The zero-order chi connectivity index (χ0) is 15.8. The molecule has 2 saturated carbocycles. The molecule has 2 aliphatic carbocycles. The highest BCUT2D eigenvalue weighted by Crippen LogP contribution is 2.41. The first-order chi connectivity index (χ1) is 11.2. The molecule has 0 aliphatic heterocycles. The number of primary amides is 1. The van der Waals surface area contributed by atoms with Gasteiger partial charge in [0.1, 0.15) is 11.6 Å². The lowest BCUT2D eigenvalue weighted by Crippen LogP contribution is -2.13. The number of amides is 1. The summed E-state index contributed by atoms with van der Waals surface area (Å²) in [6.07, 6.45) is 6.15. The van der Waals surface area contributed by atoms with Gasteiger partial charge in [-0.25, -0.2) is 9.97 Å². The quantitative estimate of drug-likeness (QED) is 0.886. The van der Waals surface area contributed by atoms with Gasteiger partial charge in [-0.15, -0.1) is 0 Å². The Balaban J connectivity index is 1.59. The van der Waals surface area contributed by atoms with Crippen LogP contribution < -0.4 is 11.1 Å². The van der Waals surface area contributed by atoms with E-state index < -0.39 is 5.91 Å². The number of nitrogens with zero attached hydrogens (tertiary/aromatic N) is 2. The minimum absolute atomic E-state index is 0.415. The molecule has 0 bridgehead atoms. The summed E-state index contributed by atoms with van der Waals surface area (Å²) >= 11 is 0. The average molecular weight is 308 g/mol. The van der Waals surface area contributed by atoms with Crippen LogP contribution in [0, 0.1) is 0 Å². The summed E-state index contributed by atoms with van der Waals surface area (Å²) in [4.78, 5) is 20.6. The summed E-state index contributed by atoms with van der Waals surface area (Å²) in [7, 11) is 0. The fourth-order valence-electron chi connectivity index (χ4n) is 2.85. The summed E-state index contributed by atoms with van der Waals surface area (Å²) < 4.78 is 0. The summed E-state index contributed by atoms with van der Waals surface area (Å²) in [5.74, 6) is 2.53. The predicted molar refractivity (Wildman–Crippen MR) is 88.8 cm³/mol. The van der Waals surface area contributed by atoms with E-state index in [4.69, 9.17) is 10.7 Å². The van der Waals surface area contributed by atoms with Crippen LogP contribution in [-0.2, 0) is 0 Å². The molecule has 3 N–H and O–H groups in total. The number of benzene rings is 1. The fraction of sp³-hybridized carbons (Fsp3) is 0.389. The van der Waals surface area contributed by atoms with Crippen molar-refractivity contribution in [2.45, 2.75) is 43.9 Å². The number of aromatic nitrogens is 2. The van der Waals surface area contributed by atoms with Gasteiger partial charge >= 0.3 is 0 Å². The maximum atomic E-state index is 11.1. The molecule has 2 fully saturated rings. The van der Waals surface area contributed by atoms with Crippen molar-refractivity contribution in [1.82, 2.24) is 9.97 Å². The molecule has 0 radical (unpaired) electrons. The summed E-state index contributed by atoms with van der Waals surface area (Å²) in [5.41, 5.74) is 7.85. The Hall–Kier alpha value is -2.43. The van der Waals surface area contributed by atoms with Crippen LogP contribution in [0.4, 0.5) is 11.5 Å². The van der Waals surface area contributed by atoms with Crippen molar-refractivity contribution >= 4 is 17.4 Å². The van der Waals surface area contributed by atoms with Gasteiger partial charge in [0.25, 0.3) is 0 Å². The number of rotatable bonds is 5. The molecule has 118 valence electrons. The molecule has 0 saturated heterocycles. The third-order valence-corrected chi connectivity index (χ3v) is 4.67. The Morgan fingerprint density at radius 2 is 1.78 bits per heavy atom. The van der Waals surface area contributed by atoms with Crippen LogP contribution in [0.2, 0.25) is 0 Å². The zero-order valence-electron chi connectivity index (χ0n) is 13.0. The standard InChI is InChI=1S/C18H20N4O/c19-17(23)12-6-8-14(9-7-12)20-16-10-15(11-2-1-3-11)21-18(22-16)13-4-5-13/h6-11,13H,1-5H2,(H2,19,23)(H,20,21,22). The van der Waals surface area contributed by atoms with Crippen molar-refractivity contribution in [3.63, 3.8) is 0 Å². The van der Waals surface area contributed by atoms with E-state index in [0.29, 0.717) is 17.4 Å². The molecule has 4 rings (SSSR count). The first-order valence-corrected chi connectivity index (χ1v) is 8.25. The number of hydrogen-bond acceptors (Lipinski definition) is 4. The smallest absolute Gasteiger partial charge is 0.248 e. The lowest BCUT2D eigenvalue weighted by atomic mass is 9.83. The lowest BCUT2D eigenvalue weighted by Gasteiger charge is -2.25. The van der Waals surface area contributed by atoms with E-state index in [0.717, 1.165) is 17.3 Å². The number of nitrogens with two attached hydrogens (primary N) is 1. The van der Waals surface area contributed by atoms with Gasteiger partial charge in [0.05, 0.1) is 0 Å². The van der Waals surface area contributed by atoms with Gasteiger partial charge in [-0.3, -0.25) is 4.79 Å². The Kier molecular flexibility index (Phi) is 3.48. The van der Waals surface area contributed by atoms with E-state index in [1.165, 1.54) is 37.8 Å². The van der Waals surface area contributed by atoms with Crippen LogP contribution in [0.3, 0.4) is 0 Å². The van der Waals surface area contributed by atoms with Crippen molar-refractivity contribution < 1.29 is 4.79 Å². The highest BCUT2D eigenvalue weighted by Gasteiger charge is 2.29. The second-order valence-corrected chi connectivity index (χ2v) is 6.50. The van der Waals surface area contributed by atoms with E-state index in [-0.39, 0.29) is 0 Å². The molecule has 23 heavy (non-hydrogen) atoms. The van der Waals surface area contributed by atoms with Gasteiger partial charge in [0, 0.05) is 34.8 Å². The SMILES string of the molecule is NC(=O)c1ccc(Nc2cc(C3CCC3)nc(C3CC3)n2)cc1. The number of anilines is 2. The highest BCUT2D eigenvalue weighted by molar-refractivity contribution is 5.93. The van der Waals surface area contributed by atoms with E-state index in [2.05, 4.69) is 16.4 Å². The van der Waals surface area contributed by atoms with Crippen molar-refractivity contribution in [3.05, 3.63) is 47.4 Å². The molecule has 2 aliphatic rings. The van der Waals surface area contributed by atoms with E-state index in [1.54, 1.807) is 12.1 Å². The maximum absolute atomic E-state index is 11.1. The minimum atomic E-state index is -0.415. The highest BCUT2D eigenvalue weighted by atomic mass is 16.1. The number of carbonyl (C=O) groups excluding carboxylic acids is 1. The molecule has 0 atom stereocenters. The van der Waals surface area contributed by atoms with Crippen LogP contribution in [0.25, 0.3) is 0 Å². The largest absolute Gasteiger partial charge is 0.366 e. The van der Waals surface area contributed by atoms with E-state index in [1.807, 2.05) is 12.1 Å². The molecule has 1 aromatic carbocycles. The molecular formula is C18H20N4O. The Morgan fingerprint density at radius 3 is 2.35 bits per heavy atom. The van der Waals surface area contributed by atoms with Crippen molar-refractivity contribution in [1.29, 1.82) is 0 Å². The monoisotopic (exact) mass is 308 g/mol. The summed E-state index contributed by atoms with van der Waals surface area (Å²) in [5, 5.41) is 3.33. The van der Waals surface area contributed by atoms with Crippen molar-refractivity contribution in [2.24, 2.45) is 5.73 Å². The first kappa shape index (κ1) is 14.2. The fourth-order valence-corrected chi connectivity index (χ4v) is 2.85. The molecule has 2 aromatic rings. The second kappa shape index (κ2) is 5.65. The van der Waals surface area contributed by atoms with E-state index in [9.17, 15) is 4.79 Å². The van der Waals surface area contributed by atoms with Crippen LogP contribution in [0.15, 0.2) is 30.3 Å². The molecule has 5 nitrogen and oxygen atoms in total. The average Bonchev–Trinajstić information content (AvgIpc) is 3.30. The van der Waals surface area contributed by atoms with Crippen LogP contribution >= 0.6 is 0 Å². The van der Waals surface area contributed by atoms with Crippen molar-refractivity contribution in [2.75, 3.05) is 5.32 Å². The predicted octanol–water partition coefficient (Wildman–Crippen LogP) is 3.46. The van der Waals surface area contributed by atoms with Crippen LogP contribution in [-0.4, -0.2) is 15.9 Å². The number of carbonyl (C=O) groups is 1. The van der Waals surface area contributed by atoms with Gasteiger partial charge in [-0.2, -0.15) is 0 Å². The number of hydrogen-bond donors (Lipinski definition) is 2. The lowest BCUT2D eigenvalue weighted by molar-refractivity contribution is 0.100. The van der Waals surface area contributed by atoms with Crippen LogP contribution in [0.1, 0.15) is 65.8 Å². The third kappa shape index (κ3) is 3.04. The molecule has 0 spiro atoms. The zero-order valence-corrected chi connectivity index (χ0v) is 13.0. The number of nitrogens with one attached hydrogen (secondary N) is 1. The molecule has 1 heterocycles. The van der Waals surface area contributed by atoms with Crippen molar-refractivity contribution in [3.8, 4) is 0 Å². The maximum Gasteiger partial charge on any atom is 0.248 e. The third-order valence-electron chi connectivity index (χ3n) is 4.67. The summed E-state index contributed by atoms with van der Waals surface area (Å²) in [6, 6.07) is 9.21. The Morgan fingerprint density at radius 1 is 1.04 bits per heavy atom. The Bertz CT molecular complexity index is 733. The molecule has 5 heteroatoms. The van der Waals surface area contributed by atoms with Gasteiger partial charge in [0.15, 0.2) is 0 Å². The van der Waals surface area contributed by atoms with Gasteiger partial charge in [0.2, 0.25) is 5.91 Å².